The summed E-state index contributed by atoms with van der Waals surface area (Å²) in [4.78, 5) is 36.6. The molecular formula is C12H16BrN3O8. The Morgan fingerprint density at radius 2 is 1.67 bits per heavy atom. The van der Waals surface area contributed by atoms with Gasteiger partial charge in [0.25, 0.3) is 4.70 Å². The van der Waals surface area contributed by atoms with Crippen LogP contribution in [0.2, 0.25) is 0 Å². The maximum Gasteiger partial charge on any atom is 0.303 e. The van der Waals surface area contributed by atoms with E-state index in [9.17, 15) is 19.5 Å². The van der Waals surface area contributed by atoms with E-state index in [1.165, 1.54) is 0 Å². The third-order valence-electron chi connectivity index (χ3n) is 2.88. The van der Waals surface area contributed by atoms with Gasteiger partial charge in [0.1, 0.15) is 6.10 Å². The average Bonchev–Trinajstić information content (AvgIpc) is 2.42. The molecule has 0 bridgehead atoms. The zero-order valence-corrected chi connectivity index (χ0v) is 14.6. The van der Waals surface area contributed by atoms with Crippen molar-refractivity contribution in [3.63, 3.8) is 0 Å². The lowest BCUT2D eigenvalue weighted by atomic mass is 9.98. The molecule has 134 valence electrons. The average molecular weight is 410 g/mol. The molecule has 1 saturated heterocycles. The van der Waals surface area contributed by atoms with Gasteiger partial charge in [0, 0.05) is 25.7 Å². The monoisotopic (exact) mass is 409 g/mol. The highest BCUT2D eigenvalue weighted by Gasteiger charge is 2.58. The van der Waals surface area contributed by atoms with E-state index >= 15 is 0 Å². The van der Waals surface area contributed by atoms with E-state index in [4.69, 9.17) is 24.5 Å². The van der Waals surface area contributed by atoms with Crippen molar-refractivity contribution in [2.45, 2.75) is 49.9 Å². The number of ether oxygens (including phenoxy) is 4. The van der Waals surface area contributed by atoms with Crippen LogP contribution >= 0.6 is 15.9 Å². The Morgan fingerprint density at radius 3 is 2.12 bits per heavy atom. The van der Waals surface area contributed by atoms with Crippen LogP contribution in [0.5, 0.6) is 0 Å². The predicted octanol–water partition coefficient (Wildman–Crippen LogP) is 0.532. The van der Waals surface area contributed by atoms with Crippen molar-refractivity contribution in [2.24, 2.45) is 5.11 Å². The van der Waals surface area contributed by atoms with E-state index in [1.54, 1.807) is 0 Å². The fourth-order valence-corrected chi connectivity index (χ4v) is 2.76. The number of carbonyl (C=O) groups excluding carboxylic acids is 3. The molecule has 1 rings (SSSR count). The maximum absolute atomic E-state index is 11.4. The van der Waals surface area contributed by atoms with Gasteiger partial charge in [-0.2, -0.15) is 0 Å². The number of azide groups is 1. The van der Waals surface area contributed by atoms with Crippen molar-refractivity contribution in [1.82, 2.24) is 0 Å². The number of esters is 3. The van der Waals surface area contributed by atoms with Crippen molar-refractivity contribution < 1.29 is 38.4 Å². The van der Waals surface area contributed by atoms with E-state index in [0.717, 1.165) is 20.8 Å². The SMILES string of the molecule is CC(=O)O[C@H]1[C@H](OC(C)=O)[C@@H](CN=[N+]=[N-])O[C@](O)(Br)[C@@H]1OC(C)=O. The molecule has 1 fully saturated rings. The molecule has 0 amide bonds. The quantitative estimate of drug-likeness (QED) is 0.172. The highest BCUT2D eigenvalue weighted by atomic mass is 79.9. The third kappa shape index (κ3) is 5.34. The number of carbonyl (C=O) groups is 3. The van der Waals surface area contributed by atoms with Gasteiger partial charge in [0.05, 0.1) is 6.54 Å². The van der Waals surface area contributed by atoms with E-state index in [-0.39, 0.29) is 6.54 Å². The van der Waals surface area contributed by atoms with E-state index < -0.39 is 47.0 Å². The summed E-state index contributed by atoms with van der Waals surface area (Å²) >= 11 is 2.83. The summed E-state index contributed by atoms with van der Waals surface area (Å²) in [7, 11) is 0. The van der Waals surface area contributed by atoms with Gasteiger partial charge in [0.2, 0.25) is 6.10 Å². The molecule has 5 atom stereocenters. The van der Waals surface area contributed by atoms with Gasteiger partial charge in [-0.3, -0.25) is 14.4 Å². The lowest BCUT2D eigenvalue weighted by Gasteiger charge is -2.46. The molecule has 0 saturated carbocycles. The molecule has 1 aliphatic rings. The molecular weight excluding hydrogens is 394 g/mol. The van der Waals surface area contributed by atoms with Crippen molar-refractivity contribution >= 4 is 33.8 Å². The zero-order valence-electron chi connectivity index (χ0n) is 13.0. The normalized spacial score (nSPS) is 32.2. The minimum atomic E-state index is -2.26. The van der Waals surface area contributed by atoms with Gasteiger partial charge in [-0.05, 0) is 21.5 Å². The number of hydrogen-bond acceptors (Lipinski definition) is 9. The molecule has 0 aromatic rings. The summed E-state index contributed by atoms with van der Waals surface area (Å²) < 4.78 is 18.1. The number of nitrogens with zero attached hydrogens (tertiary/aromatic N) is 3. The van der Waals surface area contributed by atoms with Gasteiger partial charge >= 0.3 is 17.9 Å². The molecule has 0 radical (unpaired) electrons. The molecule has 0 aromatic carbocycles. The maximum atomic E-state index is 11.4. The molecule has 1 N–H and O–H groups in total. The van der Waals surface area contributed by atoms with Gasteiger partial charge < -0.3 is 24.1 Å². The number of aliphatic hydroxyl groups is 1. The number of halogens is 1. The van der Waals surface area contributed by atoms with Crippen LogP contribution in [-0.2, 0) is 33.3 Å². The van der Waals surface area contributed by atoms with Crippen molar-refractivity contribution in [2.75, 3.05) is 6.54 Å². The van der Waals surface area contributed by atoms with Crippen molar-refractivity contribution in [3.8, 4) is 0 Å². The van der Waals surface area contributed by atoms with Crippen LogP contribution in [0.4, 0.5) is 0 Å². The second-order valence-corrected chi connectivity index (χ2v) is 5.99. The molecule has 0 aromatic heterocycles. The van der Waals surface area contributed by atoms with Crippen LogP contribution in [0.3, 0.4) is 0 Å². The Kier molecular flexibility index (Phi) is 6.96. The van der Waals surface area contributed by atoms with Crippen LogP contribution < -0.4 is 0 Å². The lowest BCUT2D eigenvalue weighted by Crippen LogP contribution is -2.65. The minimum absolute atomic E-state index is 0.340. The molecule has 0 unspecified atom stereocenters. The summed E-state index contributed by atoms with van der Waals surface area (Å²) in [5.74, 6) is -2.32. The van der Waals surface area contributed by atoms with Gasteiger partial charge in [-0.1, -0.05) is 5.11 Å². The van der Waals surface area contributed by atoms with Crippen LogP contribution in [0.1, 0.15) is 20.8 Å². The van der Waals surface area contributed by atoms with Crippen LogP contribution in [-0.4, -0.2) is 58.7 Å². The Balaban J connectivity index is 3.28. The largest absolute Gasteiger partial charge is 0.456 e. The van der Waals surface area contributed by atoms with Crippen molar-refractivity contribution in [3.05, 3.63) is 10.4 Å². The number of alkyl halides is 1. The molecule has 1 aliphatic heterocycles. The van der Waals surface area contributed by atoms with Crippen LogP contribution in [0, 0.1) is 0 Å². The Hall–Kier alpha value is -1.88. The molecule has 0 aliphatic carbocycles. The molecule has 24 heavy (non-hydrogen) atoms. The van der Waals surface area contributed by atoms with Gasteiger partial charge in [0.15, 0.2) is 12.2 Å². The zero-order chi connectivity index (χ0) is 18.5. The molecule has 12 heteroatoms. The fraction of sp³-hybridized carbons (Fsp3) is 0.750. The topological polar surface area (TPSA) is 157 Å². The summed E-state index contributed by atoms with van der Waals surface area (Å²) in [6.45, 7) is 2.92. The Bertz CT molecular complexity index is 563. The number of rotatable bonds is 5. The summed E-state index contributed by atoms with van der Waals surface area (Å²) in [6, 6.07) is 0. The highest BCUT2D eigenvalue weighted by Crippen LogP contribution is 2.38. The second-order valence-electron chi connectivity index (χ2n) is 4.86. The molecule has 1 heterocycles. The smallest absolute Gasteiger partial charge is 0.303 e. The summed E-state index contributed by atoms with van der Waals surface area (Å²) in [6.07, 6.45) is -5.37. The lowest BCUT2D eigenvalue weighted by molar-refractivity contribution is -0.302. The van der Waals surface area contributed by atoms with Crippen molar-refractivity contribution in [1.29, 1.82) is 0 Å². The first-order valence-corrected chi connectivity index (χ1v) is 7.49. The van der Waals surface area contributed by atoms with E-state index in [2.05, 4.69) is 26.0 Å². The Labute approximate surface area is 144 Å². The predicted molar refractivity (Wildman–Crippen MR) is 79.4 cm³/mol. The standard InChI is InChI=1S/C12H16BrN3O8/c1-5(17)21-9-8(4-15-16-14)24-12(13,20)11(23-7(3)19)10(9)22-6(2)18/h8-11,20H,4H2,1-3H3/t8-,9-,10+,11-,12+/m1/s1. The minimum Gasteiger partial charge on any atom is -0.456 e. The van der Waals surface area contributed by atoms with Crippen LogP contribution in [0.15, 0.2) is 5.11 Å². The van der Waals surface area contributed by atoms with Gasteiger partial charge in [-0.15, -0.1) is 0 Å². The van der Waals surface area contributed by atoms with Gasteiger partial charge in [-0.25, -0.2) is 0 Å². The second kappa shape index (κ2) is 8.29. The third-order valence-corrected chi connectivity index (χ3v) is 3.52. The summed E-state index contributed by atoms with van der Waals surface area (Å²) in [5.41, 5.74) is 8.44. The van der Waals surface area contributed by atoms with E-state index in [0.29, 0.717) is 0 Å². The molecule has 0 spiro atoms. The van der Waals surface area contributed by atoms with E-state index in [1.807, 2.05) is 0 Å². The summed E-state index contributed by atoms with van der Waals surface area (Å²) in [5, 5.41) is 13.6. The number of hydrogen-bond donors (Lipinski definition) is 1. The fourth-order valence-electron chi connectivity index (χ4n) is 2.16. The first kappa shape index (κ1) is 20.2. The first-order chi connectivity index (χ1) is 11.1. The highest BCUT2D eigenvalue weighted by molar-refractivity contribution is 9.10. The molecule has 11 nitrogen and oxygen atoms in total. The van der Waals surface area contributed by atoms with Crippen LogP contribution in [0.25, 0.3) is 10.4 Å². The Morgan fingerprint density at radius 1 is 1.17 bits per heavy atom. The first-order valence-electron chi connectivity index (χ1n) is 6.70.